The van der Waals surface area contributed by atoms with E-state index in [2.05, 4.69) is 5.32 Å². The van der Waals surface area contributed by atoms with E-state index < -0.39 is 9.84 Å². The average molecular weight is 320 g/mol. The van der Waals surface area contributed by atoms with E-state index in [4.69, 9.17) is 16.3 Å². The zero-order chi connectivity index (χ0) is 15.2. The Bertz CT molecular complexity index is 572. The highest BCUT2D eigenvalue weighted by Gasteiger charge is 2.13. The van der Waals surface area contributed by atoms with E-state index in [1.54, 1.807) is 18.2 Å². The molecule has 1 rings (SSSR count). The number of carbonyl (C=O) groups is 1. The molecule has 112 valence electrons. The minimum atomic E-state index is -3.16. The van der Waals surface area contributed by atoms with Crippen molar-refractivity contribution in [3.63, 3.8) is 0 Å². The Hall–Kier alpha value is -1.27. The molecule has 20 heavy (non-hydrogen) atoms. The monoisotopic (exact) mass is 319 g/mol. The number of carbonyl (C=O) groups excluding carboxylic acids is 1. The van der Waals surface area contributed by atoms with Crippen LogP contribution in [0.1, 0.15) is 19.8 Å². The normalized spacial score (nSPS) is 11.2. The van der Waals surface area contributed by atoms with Crippen LogP contribution in [-0.4, -0.2) is 32.9 Å². The molecule has 0 aliphatic heterocycles. The summed E-state index contributed by atoms with van der Waals surface area (Å²) in [6.07, 6.45) is 1.81. The summed E-state index contributed by atoms with van der Waals surface area (Å²) in [6.45, 7) is 2.44. The van der Waals surface area contributed by atoms with E-state index in [0.29, 0.717) is 23.1 Å². The zero-order valence-corrected chi connectivity index (χ0v) is 13.1. The molecular weight excluding hydrogens is 302 g/mol. The van der Waals surface area contributed by atoms with Crippen molar-refractivity contribution in [3.05, 3.63) is 23.2 Å². The maximum Gasteiger partial charge on any atom is 0.225 e. The highest BCUT2D eigenvalue weighted by atomic mass is 35.5. The number of anilines is 1. The Morgan fingerprint density at radius 1 is 1.40 bits per heavy atom. The number of rotatable bonds is 7. The van der Waals surface area contributed by atoms with Gasteiger partial charge in [-0.1, -0.05) is 24.6 Å². The number of amides is 1. The maximum atomic E-state index is 11.7. The summed E-state index contributed by atoms with van der Waals surface area (Å²) in [4.78, 5) is 11.7. The van der Waals surface area contributed by atoms with Crippen molar-refractivity contribution < 1.29 is 17.9 Å². The van der Waals surface area contributed by atoms with Crippen molar-refractivity contribution in [3.8, 4) is 5.75 Å². The van der Waals surface area contributed by atoms with Gasteiger partial charge in [-0.05, 0) is 18.6 Å². The summed E-state index contributed by atoms with van der Waals surface area (Å²) in [5.41, 5.74) is 0.449. The van der Waals surface area contributed by atoms with Gasteiger partial charge in [0.2, 0.25) is 5.91 Å². The second-order valence-corrected chi connectivity index (χ2v) is 7.06. The summed E-state index contributed by atoms with van der Waals surface area (Å²) in [5, 5.41) is 3.02. The van der Waals surface area contributed by atoms with Crippen molar-refractivity contribution >= 4 is 33.0 Å². The molecule has 0 saturated carbocycles. The van der Waals surface area contributed by atoms with Crippen LogP contribution >= 0.6 is 11.6 Å². The molecule has 0 aromatic heterocycles. The Kier molecular flexibility index (Phi) is 6.29. The first-order valence-electron chi connectivity index (χ1n) is 6.22. The van der Waals surface area contributed by atoms with Gasteiger partial charge in [0.15, 0.2) is 5.75 Å². The number of sulfone groups is 1. The van der Waals surface area contributed by atoms with Crippen molar-refractivity contribution in [2.45, 2.75) is 19.8 Å². The van der Waals surface area contributed by atoms with Gasteiger partial charge in [-0.3, -0.25) is 4.79 Å². The van der Waals surface area contributed by atoms with Gasteiger partial charge in [-0.25, -0.2) is 8.42 Å². The second-order valence-electron chi connectivity index (χ2n) is 4.39. The molecule has 0 aliphatic rings. The molecule has 0 fully saturated rings. The lowest BCUT2D eigenvalue weighted by atomic mass is 10.2. The van der Waals surface area contributed by atoms with Crippen LogP contribution in [-0.2, 0) is 14.6 Å². The van der Waals surface area contributed by atoms with Crippen LogP contribution in [0, 0.1) is 0 Å². The van der Waals surface area contributed by atoms with Gasteiger partial charge in [0.25, 0.3) is 0 Å². The standard InChI is InChI=1S/C13H18ClNO4S/c1-3-8-19-13-10(14)5-4-6-11(13)15-12(16)7-9-20(2,17)18/h4-6H,3,7-9H2,1-2H3,(H,15,16). The van der Waals surface area contributed by atoms with Gasteiger partial charge in [0, 0.05) is 12.7 Å². The molecule has 0 saturated heterocycles. The molecule has 5 nitrogen and oxygen atoms in total. The molecule has 7 heteroatoms. The third kappa shape index (κ3) is 5.79. The Labute approximate surface area is 124 Å². The summed E-state index contributed by atoms with van der Waals surface area (Å²) >= 11 is 6.03. The molecule has 0 heterocycles. The quantitative estimate of drug-likeness (QED) is 0.838. The number of hydrogen-bond donors (Lipinski definition) is 1. The number of hydrogen-bond acceptors (Lipinski definition) is 4. The molecule has 0 bridgehead atoms. The number of benzene rings is 1. The van der Waals surface area contributed by atoms with Crippen LogP contribution in [0.25, 0.3) is 0 Å². The molecule has 0 aliphatic carbocycles. The number of ether oxygens (including phenoxy) is 1. The lowest BCUT2D eigenvalue weighted by Crippen LogP contribution is -2.17. The largest absolute Gasteiger partial charge is 0.490 e. The molecule has 1 N–H and O–H groups in total. The third-order valence-corrected chi connectivity index (χ3v) is 3.63. The van der Waals surface area contributed by atoms with Crippen LogP contribution in [0.2, 0.25) is 5.02 Å². The van der Waals surface area contributed by atoms with E-state index >= 15 is 0 Å². The lowest BCUT2D eigenvalue weighted by molar-refractivity contribution is -0.115. The number of nitrogens with one attached hydrogen (secondary N) is 1. The van der Waals surface area contributed by atoms with Gasteiger partial charge in [-0.2, -0.15) is 0 Å². The molecule has 0 atom stereocenters. The molecule has 0 unspecified atom stereocenters. The SMILES string of the molecule is CCCOc1c(Cl)cccc1NC(=O)CCS(C)(=O)=O. The summed E-state index contributed by atoms with van der Waals surface area (Å²) in [5.74, 6) is -0.173. The zero-order valence-electron chi connectivity index (χ0n) is 11.5. The predicted octanol–water partition coefficient (Wildman–Crippen LogP) is 2.50. The number of para-hydroxylation sites is 1. The van der Waals surface area contributed by atoms with E-state index in [1.807, 2.05) is 6.92 Å². The fraction of sp³-hybridized carbons (Fsp3) is 0.462. The Morgan fingerprint density at radius 3 is 2.70 bits per heavy atom. The van der Waals surface area contributed by atoms with Crippen molar-refractivity contribution in [2.75, 3.05) is 23.9 Å². The highest BCUT2D eigenvalue weighted by Crippen LogP contribution is 2.33. The van der Waals surface area contributed by atoms with Crippen LogP contribution in [0.3, 0.4) is 0 Å². The third-order valence-electron chi connectivity index (χ3n) is 2.39. The minimum Gasteiger partial charge on any atom is -0.490 e. The Morgan fingerprint density at radius 2 is 2.10 bits per heavy atom. The minimum absolute atomic E-state index is 0.0986. The van der Waals surface area contributed by atoms with Crippen LogP contribution in [0.15, 0.2) is 18.2 Å². The summed E-state index contributed by atoms with van der Waals surface area (Å²) in [7, 11) is -3.16. The van der Waals surface area contributed by atoms with Gasteiger partial charge in [-0.15, -0.1) is 0 Å². The molecule has 1 aromatic rings. The van der Waals surface area contributed by atoms with E-state index in [1.165, 1.54) is 0 Å². The smallest absolute Gasteiger partial charge is 0.225 e. The Balaban J connectivity index is 2.76. The van der Waals surface area contributed by atoms with Crippen molar-refractivity contribution in [1.82, 2.24) is 0 Å². The topological polar surface area (TPSA) is 72.5 Å². The van der Waals surface area contributed by atoms with Gasteiger partial charge in [0.1, 0.15) is 9.84 Å². The van der Waals surface area contributed by atoms with Gasteiger partial charge in [0.05, 0.1) is 23.1 Å². The molecule has 1 aromatic carbocycles. The molecule has 1 amide bonds. The highest BCUT2D eigenvalue weighted by molar-refractivity contribution is 7.90. The molecular formula is C13H18ClNO4S. The molecule has 0 spiro atoms. The van der Waals surface area contributed by atoms with Crippen molar-refractivity contribution in [2.24, 2.45) is 0 Å². The van der Waals surface area contributed by atoms with Crippen LogP contribution in [0.4, 0.5) is 5.69 Å². The van der Waals surface area contributed by atoms with E-state index in [9.17, 15) is 13.2 Å². The predicted molar refractivity (Wildman–Crippen MR) is 80.2 cm³/mol. The van der Waals surface area contributed by atoms with Gasteiger partial charge < -0.3 is 10.1 Å². The summed E-state index contributed by atoms with van der Waals surface area (Å²) < 4.78 is 27.5. The number of halogens is 1. The lowest BCUT2D eigenvalue weighted by Gasteiger charge is -2.13. The second kappa shape index (κ2) is 7.50. The van der Waals surface area contributed by atoms with Crippen LogP contribution in [0.5, 0.6) is 5.75 Å². The van der Waals surface area contributed by atoms with Crippen molar-refractivity contribution in [1.29, 1.82) is 0 Å². The fourth-order valence-corrected chi connectivity index (χ4v) is 2.23. The van der Waals surface area contributed by atoms with Gasteiger partial charge >= 0.3 is 0 Å². The first-order chi connectivity index (χ1) is 9.33. The average Bonchev–Trinajstić information content (AvgIpc) is 2.35. The van der Waals surface area contributed by atoms with Crippen LogP contribution < -0.4 is 10.1 Å². The van der Waals surface area contributed by atoms with E-state index in [-0.39, 0.29) is 18.1 Å². The molecule has 0 radical (unpaired) electrons. The summed E-state index contributed by atoms with van der Waals surface area (Å²) in [6, 6.07) is 5.02. The van der Waals surface area contributed by atoms with E-state index in [0.717, 1.165) is 12.7 Å². The first kappa shape index (κ1) is 16.8. The first-order valence-corrected chi connectivity index (χ1v) is 8.66. The maximum absolute atomic E-state index is 11.7. The fourth-order valence-electron chi connectivity index (χ4n) is 1.45.